The van der Waals surface area contributed by atoms with Gasteiger partial charge in [-0.05, 0) is 50.1 Å². The van der Waals surface area contributed by atoms with Gasteiger partial charge in [0.15, 0.2) is 11.6 Å². The van der Waals surface area contributed by atoms with E-state index in [1.807, 2.05) is 23.8 Å². The number of nitrogens with one attached hydrogen (secondary N) is 1. The molecule has 208 valence electrons. The molecule has 11 heteroatoms. The van der Waals surface area contributed by atoms with Crippen molar-refractivity contribution in [3.05, 3.63) is 85.0 Å². The average Bonchev–Trinajstić information content (AvgIpc) is 3.43. The number of amides is 2. The molecule has 0 saturated heterocycles. The number of benzene rings is 2. The highest BCUT2D eigenvalue weighted by Crippen LogP contribution is 2.49. The van der Waals surface area contributed by atoms with Crippen molar-refractivity contribution in [1.29, 1.82) is 0 Å². The van der Waals surface area contributed by atoms with Crippen molar-refractivity contribution >= 4 is 44.7 Å². The van der Waals surface area contributed by atoms with Gasteiger partial charge >= 0.3 is 0 Å². The third-order valence-electron chi connectivity index (χ3n) is 7.15. The van der Waals surface area contributed by atoms with Crippen LogP contribution in [0.15, 0.2) is 73.3 Å². The molecule has 1 N–H and O–H groups in total. The lowest BCUT2D eigenvalue weighted by molar-refractivity contribution is -0.132. The third kappa shape index (κ3) is 4.93. The smallest absolute Gasteiger partial charge is 0.242 e. The lowest BCUT2D eigenvalue weighted by atomic mass is 10.0. The number of halogens is 2. The summed E-state index contributed by atoms with van der Waals surface area (Å²) in [6.45, 7) is 2.84. The molecule has 1 saturated carbocycles. The Morgan fingerprint density at radius 1 is 1.07 bits per heavy atom. The number of thiophene rings is 1. The first-order valence-electron chi connectivity index (χ1n) is 13.0. The van der Waals surface area contributed by atoms with E-state index in [0.717, 1.165) is 32.8 Å². The summed E-state index contributed by atoms with van der Waals surface area (Å²) in [5.74, 6) is -1.92. The summed E-state index contributed by atoms with van der Waals surface area (Å²) in [6, 6.07) is 13.5. The Morgan fingerprint density at radius 2 is 1.88 bits per heavy atom. The Labute approximate surface area is 238 Å². The Morgan fingerprint density at radius 3 is 2.59 bits per heavy atom. The average molecular weight is 574 g/mol. The summed E-state index contributed by atoms with van der Waals surface area (Å²) in [6.07, 6.45) is 5.95. The number of ether oxygens (including phenoxy) is 1. The van der Waals surface area contributed by atoms with Crippen molar-refractivity contribution in [3.63, 3.8) is 0 Å². The molecule has 2 amide bonds. The zero-order valence-corrected chi connectivity index (χ0v) is 23.0. The number of anilines is 2. The Kier molecular flexibility index (Phi) is 6.74. The van der Waals surface area contributed by atoms with Crippen LogP contribution in [0.1, 0.15) is 19.8 Å². The molecular weight excluding hydrogens is 548 g/mol. The molecule has 3 aromatic heterocycles. The highest BCUT2D eigenvalue weighted by molar-refractivity contribution is 7.22. The maximum Gasteiger partial charge on any atom is 0.242 e. The van der Waals surface area contributed by atoms with Gasteiger partial charge in [0.25, 0.3) is 0 Å². The molecule has 6 rings (SSSR count). The standard InChI is InChI=1S/C30H25F2N5O3S/c1-3-37-16-22(34-17-37)26-15-21-27(41-26)25(10-13-33-21)40-24-9-8-18(14-20(24)32)35-28(38)30(11-12-30)29(39)36(2)23-7-5-4-6-19(23)31/h4-10,13-17H,3,11-12H2,1-2H3,(H,35,38). The van der Waals surface area contributed by atoms with Gasteiger partial charge in [-0.3, -0.25) is 14.6 Å². The van der Waals surface area contributed by atoms with E-state index in [1.165, 1.54) is 48.7 Å². The number of para-hydroxylation sites is 1. The van der Waals surface area contributed by atoms with E-state index >= 15 is 4.39 Å². The number of hydrogen-bond donors (Lipinski definition) is 1. The van der Waals surface area contributed by atoms with Crippen molar-refractivity contribution in [1.82, 2.24) is 14.5 Å². The van der Waals surface area contributed by atoms with E-state index in [9.17, 15) is 14.0 Å². The molecule has 1 aliphatic rings. The minimum absolute atomic E-state index is 0.0304. The molecule has 8 nitrogen and oxygen atoms in total. The monoisotopic (exact) mass is 573 g/mol. The van der Waals surface area contributed by atoms with Gasteiger partial charge in [0.2, 0.25) is 11.8 Å². The summed E-state index contributed by atoms with van der Waals surface area (Å²) in [5, 5.41) is 2.64. The molecule has 0 aliphatic heterocycles. The van der Waals surface area contributed by atoms with E-state index in [1.54, 1.807) is 24.7 Å². The van der Waals surface area contributed by atoms with Crippen LogP contribution in [-0.4, -0.2) is 33.4 Å². The number of carbonyl (C=O) groups is 2. The van der Waals surface area contributed by atoms with Gasteiger partial charge in [-0.25, -0.2) is 13.8 Å². The summed E-state index contributed by atoms with van der Waals surface area (Å²) >= 11 is 1.45. The van der Waals surface area contributed by atoms with Crippen LogP contribution in [0.4, 0.5) is 20.2 Å². The van der Waals surface area contributed by atoms with Crippen LogP contribution in [0.2, 0.25) is 0 Å². The predicted molar refractivity (Wildman–Crippen MR) is 153 cm³/mol. The molecule has 0 unspecified atom stereocenters. The van der Waals surface area contributed by atoms with E-state index in [4.69, 9.17) is 4.74 Å². The van der Waals surface area contributed by atoms with Crippen LogP contribution in [0.25, 0.3) is 20.8 Å². The normalized spacial score (nSPS) is 13.7. The minimum Gasteiger partial charge on any atom is -0.453 e. The molecule has 0 radical (unpaired) electrons. The second-order valence-corrected chi connectivity index (χ2v) is 10.9. The van der Waals surface area contributed by atoms with Gasteiger partial charge in [0.1, 0.15) is 17.0 Å². The lowest BCUT2D eigenvalue weighted by Gasteiger charge is -2.23. The van der Waals surface area contributed by atoms with Gasteiger partial charge in [-0.15, -0.1) is 11.3 Å². The van der Waals surface area contributed by atoms with E-state index < -0.39 is 28.9 Å². The summed E-state index contributed by atoms with van der Waals surface area (Å²) in [4.78, 5) is 37.2. The highest BCUT2D eigenvalue weighted by Gasteiger charge is 2.58. The maximum absolute atomic E-state index is 15.1. The molecule has 2 aromatic carbocycles. The van der Waals surface area contributed by atoms with Gasteiger partial charge in [0.05, 0.1) is 32.8 Å². The molecular formula is C30H25F2N5O3S. The fourth-order valence-electron chi connectivity index (χ4n) is 4.63. The molecule has 3 heterocycles. The topological polar surface area (TPSA) is 89.3 Å². The second-order valence-electron chi connectivity index (χ2n) is 9.82. The number of aromatic nitrogens is 3. The maximum atomic E-state index is 15.1. The number of aryl methyl sites for hydroxylation is 1. The second kappa shape index (κ2) is 10.4. The molecule has 5 aromatic rings. The Hall–Kier alpha value is -4.64. The number of pyridine rings is 1. The number of carbonyl (C=O) groups excluding carboxylic acids is 2. The fraction of sp³-hybridized carbons (Fsp3) is 0.200. The molecule has 1 fully saturated rings. The molecule has 1 aliphatic carbocycles. The fourth-order valence-corrected chi connectivity index (χ4v) is 5.66. The summed E-state index contributed by atoms with van der Waals surface area (Å²) in [5.41, 5.74) is 0.464. The van der Waals surface area contributed by atoms with E-state index in [2.05, 4.69) is 15.3 Å². The quantitative estimate of drug-likeness (QED) is 0.211. The van der Waals surface area contributed by atoms with Crippen LogP contribution in [-0.2, 0) is 16.1 Å². The zero-order valence-electron chi connectivity index (χ0n) is 22.2. The number of fused-ring (bicyclic) bond motifs is 1. The van der Waals surface area contributed by atoms with Crippen molar-refractivity contribution in [3.8, 4) is 22.1 Å². The number of hydrogen-bond acceptors (Lipinski definition) is 6. The summed E-state index contributed by atoms with van der Waals surface area (Å²) in [7, 11) is 1.43. The van der Waals surface area contributed by atoms with Crippen LogP contribution in [0.5, 0.6) is 11.5 Å². The van der Waals surface area contributed by atoms with Gasteiger partial charge in [0, 0.05) is 43.8 Å². The number of imidazole rings is 1. The molecule has 0 bridgehead atoms. The Balaban J connectivity index is 1.18. The van der Waals surface area contributed by atoms with Crippen LogP contribution >= 0.6 is 11.3 Å². The molecule has 0 spiro atoms. The number of rotatable bonds is 8. The minimum atomic E-state index is -1.32. The lowest BCUT2D eigenvalue weighted by Crippen LogP contribution is -2.41. The first-order chi connectivity index (χ1) is 19.8. The Bertz CT molecular complexity index is 1800. The molecule has 0 atom stereocenters. The summed E-state index contributed by atoms with van der Waals surface area (Å²) < 4.78 is 38.0. The van der Waals surface area contributed by atoms with Crippen molar-refractivity contribution < 1.29 is 23.1 Å². The predicted octanol–water partition coefficient (Wildman–Crippen LogP) is 6.63. The number of nitrogens with zero attached hydrogens (tertiary/aromatic N) is 4. The molecule has 41 heavy (non-hydrogen) atoms. The highest BCUT2D eigenvalue weighted by atomic mass is 32.1. The first kappa shape index (κ1) is 26.6. The van der Waals surface area contributed by atoms with E-state index in [0.29, 0.717) is 24.1 Å². The van der Waals surface area contributed by atoms with Crippen molar-refractivity contribution in [2.45, 2.75) is 26.3 Å². The largest absolute Gasteiger partial charge is 0.453 e. The zero-order chi connectivity index (χ0) is 28.7. The van der Waals surface area contributed by atoms with Crippen LogP contribution in [0, 0.1) is 17.0 Å². The van der Waals surface area contributed by atoms with Crippen LogP contribution < -0.4 is 15.0 Å². The van der Waals surface area contributed by atoms with Gasteiger partial charge < -0.3 is 19.5 Å². The van der Waals surface area contributed by atoms with E-state index in [-0.39, 0.29) is 17.1 Å². The third-order valence-corrected chi connectivity index (χ3v) is 8.31. The first-order valence-corrected chi connectivity index (χ1v) is 13.8. The van der Waals surface area contributed by atoms with Gasteiger partial charge in [-0.2, -0.15) is 0 Å². The van der Waals surface area contributed by atoms with Crippen molar-refractivity contribution in [2.24, 2.45) is 5.41 Å². The van der Waals surface area contributed by atoms with Crippen LogP contribution in [0.3, 0.4) is 0 Å². The SMILES string of the molecule is CCn1cnc(-c2cc3nccc(Oc4ccc(NC(=O)C5(C(=O)N(C)c6ccccc6F)CC5)cc4F)c3s2)c1. The van der Waals surface area contributed by atoms with Gasteiger partial charge in [-0.1, -0.05) is 12.1 Å². The van der Waals surface area contributed by atoms with Crippen molar-refractivity contribution in [2.75, 3.05) is 17.3 Å².